The van der Waals surface area contributed by atoms with Crippen LogP contribution >= 0.6 is 15.9 Å². The first-order chi connectivity index (χ1) is 10.8. The molecular formula is C16H17BrN2O3S. The van der Waals surface area contributed by atoms with E-state index in [0.29, 0.717) is 11.3 Å². The second-order valence-electron chi connectivity index (χ2n) is 5.15. The van der Waals surface area contributed by atoms with Gasteiger partial charge in [0, 0.05) is 10.2 Å². The van der Waals surface area contributed by atoms with E-state index in [0.717, 1.165) is 10.0 Å². The predicted octanol–water partition coefficient (Wildman–Crippen LogP) is 2.98. The highest BCUT2D eigenvalue weighted by Gasteiger charge is 2.17. The number of aryl methyl sites for hydroxylation is 2. The summed E-state index contributed by atoms with van der Waals surface area (Å²) < 4.78 is 27.7. The number of halogens is 1. The quantitative estimate of drug-likeness (QED) is 0.815. The molecule has 0 radical (unpaired) electrons. The van der Waals surface area contributed by atoms with Crippen molar-refractivity contribution in [1.82, 2.24) is 4.72 Å². The lowest BCUT2D eigenvalue weighted by Gasteiger charge is -2.10. The maximum atomic E-state index is 12.3. The predicted molar refractivity (Wildman–Crippen MR) is 93.9 cm³/mol. The largest absolute Gasteiger partial charge is 0.325 e. The summed E-state index contributed by atoms with van der Waals surface area (Å²) in [6.07, 6.45) is 0. The van der Waals surface area contributed by atoms with Crippen LogP contribution in [0.4, 0.5) is 5.69 Å². The molecule has 0 bridgehead atoms. The van der Waals surface area contributed by atoms with Crippen LogP contribution in [0.2, 0.25) is 0 Å². The fraction of sp³-hybridized carbons (Fsp3) is 0.188. The molecule has 0 aliphatic carbocycles. The Balaban J connectivity index is 2.01. The first-order valence-corrected chi connectivity index (χ1v) is 9.18. The molecule has 5 nitrogen and oxygen atoms in total. The second-order valence-corrected chi connectivity index (χ2v) is 7.80. The van der Waals surface area contributed by atoms with E-state index < -0.39 is 15.9 Å². The van der Waals surface area contributed by atoms with E-state index in [-0.39, 0.29) is 11.4 Å². The third-order valence-electron chi connectivity index (χ3n) is 3.17. The minimum atomic E-state index is -3.72. The van der Waals surface area contributed by atoms with Crippen LogP contribution < -0.4 is 10.0 Å². The molecule has 23 heavy (non-hydrogen) atoms. The SMILES string of the molecule is Cc1ccc(S(=O)(=O)NCC(=O)Nc2ccc(Br)cc2)c(C)c1. The Labute approximate surface area is 144 Å². The summed E-state index contributed by atoms with van der Waals surface area (Å²) in [5.41, 5.74) is 2.23. The smallest absolute Gasteiger partial charge is 0.241 e. The summed E-state index contributed by atoms with van der Waals surface area (Å²) in [5.74, 6) is -0.430. The molecule has 0 fully saturated rings. The van der Waals surface area contributed by atoms with Crippen LogP contribution in [0.1, 0.15) is 11.1 Å². The van der Waals surface area contributed by atoms with E-state index in [4.69, 9.17) is 0 Å². The van der Waals surface area contributed by atoms with Gasteiger partial charge in [-0.25, -0.2) is 13.1 Å². The van der Waals surface area contributed by atoms with Gasteiger partial charge >= 0.3 is 0 Å². The number of carbonyl (C=O) groups excluding carboxylic acids is 1. The molecule has 2 aromatic rings. The van der Waals surface area contributed by atoms with Crippen LogP contribution in [-0.4, -0.2) is 20.9 Å². The van der Waals surface area contributed by atoms with E-state index >= 15 is 0 Å². The Bertz CT molecular complexity index is 818. The highest BCUT2D eigenvalue weighted by atomic mass is 79.9. The molecule has 0 unspecified atom stereocenters. The maximum Gasteiger partial charge on any atom is 0.241 e. The summed E-state index contributed by atoms with van der Waals surface area (Å²) in [4.78, 5) is 12.0. The highest BCUT2D eigenvalue weighted by molar-refractivity contribution is 9.10. The van der Waals surface area contributed by atoms with Crippen LogP contribution in [0.25, 0.3) is 0 Å². The van der Waals surface area contributed by atoms with E-state index in [2.05, 4.69) is 26.0 Å². The molecule has 0 aliphatic heterocycles. The molecule has 2 rings (SSSR count). The molecule has 0 aliphatic rings. The molecule has 2 aromatic carbocycles. The molecule has 0 aromatic heterocycles. The van der Waals surface area contributed by atoms with Crippen molar-refractivity contribution < 1.29 is 13.2 Å². The number of nitrogens with one attached hydrogen (secondary N) is 2. The normalized spacial score (nSPS) is 11.3. The van der Waals surface area contributed by atoms with E-state index in [1.807, 2.05) is 6.92 Å². The van der Waals surface area contributed by atoms with Crippen molar-refractivity contribution in [3.05, 3.63) is 58.1 Å². The average molecular weight is 397 g/mol. The number of sulfonamides is 1. The number of hydrogen-bond acceptors (Lipinski definition) is 3. The Kier molecular flexibility index (Phi) is 5.56. The molecule has 7 heteroatoms. The Hall–Kier alpha value is -1.70. The van der Waals surface area contributed by atoms with E-state index in [1.54, 1.807) is 49.4 Å². The van der Waals surface area contributed by atoms with Gasteiger partial charge in [-0.2, -0.15) is 0 Å². The van der Waals surface area contributed by atoms with Crippen LogP contribution in [-0.2, 0) is 14.8 Å². The van der Waals surface area contributed by atoms with Gasteiger partial charge in [0.2, 0.25) is 15.9 Å². The molecule has 0 saturated carbocycles. The van der Waals surface area contributed by atoms with Crippen molar-refractivity contribution in [2.45, 2.75) is 18.7 Å². The second kappa shape index (κ2) is 7.25. The molecule has 0 atom stereocenters. The summed E-state index contributed by atoms with van der Waals surface area (Å²) in [6.45, 7) is 3.29. The average Bonchev–Trinajstić information content (AvgIpc) is 2.47. The van der Waals surface area contributed by atoms with E-state index in [1.165, 1.54) is 0 Å². The first-order valence-electron chi connectivity index (χ1n) is 6.90. The first kappa shape index (κ1) is 17.7. The number of rotatable bonds is 5. The standard InChI is InChI=1S/C16H17BrN2O3S/c1-11-3-8-15(12(2)9-11)23(21,22)18-10-16(20)19-14-6-4-13(17)5-7-14/h3-9,18H,10H2,1-2H3,(H,19,20). The summed E-state index contributed by atoms with van der Waals surface area (Å²) in [6, 6.07) is 12.1. The Morgan fingerprint density at radius 3 is 2.35 bits per heavy atom. The number of benzene rings is 2. The minimum absolute atomic E-state index is 0.180. The lowest BCUT2D eigenvalue weighted by Crippen LogP contribution is -2.33. The summed E-state index contributed by atoms with van der Waals surface area (Å²) in [5, 5.41) is 2.63. The lowest BCUT2D eigenvalue weighted by atomic mass is 10.2. The lowest BCUT2D eigenvalue weighted by molar-refractivity contribution is -0.115. The highest BCUT2D eigenvalue weighted by Crippen LogP contribution is 2.16. The zero-order chi connectivity index (χ0) is 17.0. The monoisotopic (exact) mass is 396 g/mol. The van der Waals surface area contributed by atoms with Crippen LogP contribution in [0.15, 0.2) is 51.8 Å². The number of carbonyl (C=O) groups is 1. The molecule has 0 saturated heterocycles. The van der Waals surface area contributed by atoms with Gasteiger partial charge in [-0.15, -0.1) is 0 Å². The molecular weight excluding hydrogens is 380 g/mol. The molecule has 1 amide bonds. The number of hydrogen-bond donors (Lipinski definition) is 2. The van der Waals surface area contributed by atoms with Gasteiger partial charge in [-0.05, 0) is 49.7 Å². The van der Waals surface area contributed by atoms with Gasteiger partial charge in [-0.3, -0.25) is 4.79 Å². The van der Waals surface area contributed by atoms with Gasteiger partial charge in [0.05, 0.1) is 11.4 Å². The van der Waals surface area contributed by atoms with Gasteiger partial charge in [0.1, 0.15) is 0 Å². The zero-order valence-corrected chi connectivity index (χ0v) is 15.2. The third-order valence-corrected chi connectivity index (χ3v) is 5.26. The zero-order valence-electron chi connectivity index (χ0n) is 12.8. The van der Waals surface area contributed by atoms with Gasteiger partial charge < -0.3 is 5.32 Å². The molecule has 122 valence electrons. The Morgan fingerprint density at radius 1 is 1.09 bits per heavy atom. The van der Waals surface area contributed by atoms with Crippen molar-refractivity contribution >= 4 is 37.5 Å². The van der Waals surface area contributed by atoms with Crippen molar-refractivity contribution in [1.29, 1.82) is 0 Å². The topological polar surface area (TPSA) is 75.3 Å². The van der Waals surface area contributed by atoms with E-state index in [9.17, 15) is 13.2 Å². The molecule has 2 N–H and O–H groups in total. The van der Waals surface area contributed by atoms with Crippen molar-refractivity contribution in [3.63, 3.8) is 0 Å². The van der Waals surface area contributed by atoms with Gasteiger partial charge in [-0.1, -0.05) is 33.6 Å². The maximum absolute atomic E-state index is 12.3. The third kappa shape index (κ3) is 4.89. The fourth-order valence-corrected chi connectivity index (χ4v) is 3.55. The van der Waals surface area contributed by atoms with Crippen molar-refractivity contribution in [3.8, 4) is 0 Å². The molecule has 0 spiro atoms. The number of amides is 1. The van der Waals surface area contributed by atoms with Crippen LogP contribution in [0.3, 0.4) is 0 Å². The fourth-order valence-electron chi connectivity index (χ4n) is 2.08. The van der Waals surface area contributed by atoms with Crippen LogP contribution in [0, 0.1) is 13.8 Å². The summed E-state index contributed by atoms with van der Waals surface area (Å²) >= 11 is 3.30. The van der Waals surface area contributed by atoms with Crippen molar-refractivity contribution in [2.75, 3.05) is 11.9 Å². The van der Waals surface area contributed by atoms with Crippen molar-refractivity contribution in [2.24, 2.45) is 0 Å². The molecule has 0 heterocycles. The minimum Gasteiger partial charge on any atom is -0.325 e. The van der Waals surface area contributed by atoms with Gasteiger partial charge in [0.15, 0.2) is 0 Å². The number of anilines is 1. The van der Waals surface area contributed by atoms with Crippen LogP contribution in [0.5, 0.6) is 0 Å². The van der Waals surface area contributed by atoms with Gasteiger partial charge in [0.25, 0.3) is 0 Å². The Morgan fingerprint density at radius 2 is 1.74 bits per heavy atom. The summed E-state index contributed by atoms with van der Waals surface area (Å²) in [7, 11) is -3.72.